The monoisotopic (exact) mass is 381 g/mol. The predicted octanol–water partition coefficient (Wildman–Crippen LogP) is 3.56. The highest BCUT2D eigenvalue weighted by Crippen LogP contribution is 2.38. The van der Waals surface area contributed by atoms with Crippen LogP contribution in [-0.4, -0.2) is 67.1 Å². The highest BCUT2D eigenvalue weighted by atomic mass is 32.1. The zero-order chi connectivity index (χ0) is 18.8. The number of rotatable bonds is 4. The van der Waals surface area contributed by atoms with E-state index in [2.05, 4.69) is 71.6 Å². The molecule has 1 saturated heterocycles. The van der Waals surface area contributed by atoms with E-state index >= 15 is 0 Å². The third-order valence-electron chi connectivity index (χ3n) is 5.02. The van der Waals surface area contributed by atoms with E-state index < -0.39 is 0 Å². The minimum Gasteiger partial charge on any atom is -0.355 e. The lowest BCUT2D eigenvalue weighted by Crippen LogP contribution is -2.30. The van der Waals surface area contributed by atoms with Crippen molar-refractivity contribution in [2.24, 2.45) is 0 Å². The second kappa shape index (κ2) is 7.92. The molecular weight excluding hydrogens is 354 g/mol. The first kappa shape index (κ1) is 18.3. The van der Waals surface area contributed by atoms with Gasteiger partial charge in [-0.2, -0.15) is 0 Å². The molecule has 6 heteroatoms. The Kier molecular flexibility index (Phi) is 5.38. The number of thiophene rings is 1. The Morgan fingerprint density at radius 1 is 1.04 bits per heavy atom. The van der Waals surface area contributed by atoms with E-state index in [1.54, 1.807) is 11.3 Å². The van der Waals surface area contributed by atoms with Crippen molar-refractivity contribution in [1.82, 2.24) is 19.8 Å². The largest absolute Gasteiger partial charge is 0.355 e. The molecule has 0 aliphatic carbocycles. The number of hydrogen-bond acceptors (Lipinski definition) is 6. The summed E-state index contributed by atoms with van der Waals surface area (Å²) in [5.41, 5.74) is 2.49. The van der Waals surface area contributed by atoms with E-state index in [9.17, 15) is 0 Å². The minimum absolute atomic E-state index is 0.759. The summed E-state index contributed by atoms with van der Waals surface area (Å²) < 4.78 is 0. The Balaban J connectivity index is 1.85. The van der Waals surface area contributed by atoms with Crippen LogP contribution >= 0.6 is 11.3 Å². The maximum Gasteiger partial charge on any atom is 0.146 e. The molecular formula is C21H27N5S. The van der Waals surface area contributed by atoms with Crippen LogP contribution in [0.3, 0.4) is 0 Å². The third kappa shape index (κ3) is 3.98. The zero-order valence-corrected chi connectivity index (χ0v) is 17.2. The van der Waals surface area contributed by atoms with E-state index in [4.69, 9.17) is 9.97 Å². The summed E-state index contributed by atoms with van der Waals surface area (Å²) >= 11 is 1.73. The van der Waals surface area contributed by atoms with Crippen LogP contribution in [0.15, 0.2) is 35.7 Å². The Labute approximate surface area is 165 Å². The summed E-state index contributed by atoms with van der Waals surface area (Å²) in [7, 11) is 6.34. The van der Waals surface area contributed by atoms with E-state index in [-0.39, 0.29) is 0 Å². The Bertz CT molecular complexity index is 906. The Morgan fingerprint density at radius 2 is 1.85 bits per heavy atom. The average Bonchev–Trinajstić information content (AvgIpc) is 2.96. The van der Waals surface area contributed by atoms with Gasteiger partial charge in [0, 0.05) is 30.6 Å². The molecule has 0 atom stereocenters. The maximum absolute atomic E-state index is 5.05. The first-order valence-corrected chi connectivity index (χ1v) is 10.4. The molecule has 0 unspecified atom stereocenters. The van der Waals surface area contributed by atoms with Gasteiger partial charge in [0.25, 0.3) is 0 Å². The normalized spacial score (nSPS) is 16.2. The molecule has 0 amide bonds. The number of benzene rings is 1. The summed E-state index contributed by atoms with van der Waals surface area (Å²) in [5, 5.41) is 3.44. The van der Waals surface area contributed by atoms with Gasteiger partial charge in [0.05, 0.1) is 11.9 Å². The number of hydrogen-bond donors (Lipinski definition) is 0. The topological polar surface area (TPSA) is 35.5 Å². The molecule has 3 aromatic rings. The van der Waals surface area contributed by atoms with Gasteiger partial charge >= 0.3 is 0 Å². The molecule has 0 saturated carbocycles. The first-order valence-electron chi connectivity index (χ1n) is 9.53. The van der Waals surface area contributed by atoms with Crippen LogP contribution in [0, 0.1) is 0 Å². The van der Waals surface area contributed by atoms with Gasteiger partial charge in [0.2, 0.25) is 0 Å². The van der Waals surface area contributed by atoms with Crippen molar-refractivity contribution in [3.8, 4) is 11.1 Å². The maximum atomic E-state index is 5.05. The van der Waals surface area contributed by atoms with Gasteiger partial charge in [-0.05, 0) is 39.7 Å². The van der Waals surface area contributed by atoms with Gasteiger partial charge in [0.15, 0.2) is 0 Å². The summed E-state index contributed by atoms with van der Waals surface area (Å²) in [6.45, 7) is 5.02. The molecule has 1 fully saturated rings. The standard InChI is InChI=1S/C21H27N5S/c1-24(2)14-18-22-20(26-11-7-10-25(3)12-13-26)19-17(15-27-21(19)23-18)16-8-5-4-6-9-16/h4-6,8-9,15H,7,10-14H2,1-3H3. The number of likely N-dealkylation sites (N-methyl/N-ethyl adjacent to an activating group) is 1. The average molecular weight is 382 g/mol. The number of nitrogens with zero attached hydrogens (tertiary/aromatic N) is 5. The Hall–Kier alpha value is -2.02. The second-order valence-electron chi connectivity index (χ2n) is 7.54. The molecule has 27 heavy (non-hydrogen) atoms. The number of fused-ring (bicyclic) bond motifs is 1. The molecule has 3 heterocycles. The lowest BCUT2D eigenvalue weighted by Gasteiger charge is -2.24. The van der Waals surface area contributed by atoms with Gasteiger partial charge in [-0.25, -0.2) is 9.97 Å². The summed E-state index contributed by atoms with van der Waals surface area (Å²) in [4.78, 5) is 18.0. The van der Waals surface area contributed by atoms with Crippen LogP contribution in [0.2, 0.25) is 0 Å². The van der Waals surface area contributed by atoms with Gasteiger partial charge in [-0.3, -0.25) is 0 Å². The highest BCUT2D eigenvalue weighted by Gasteiger charge is 2.21. The molecule has 142 valence electrons. The molecule has 5 nitrogen and oxygen atoms in total. The Morgan fingerprint density at radius 3 is 2.63 bits per heavy atom. The lowest BCUT2D eigenvalue weighted by molar-refractivity contribution is 0.360. The first-order chi connectivity index (χ1) is 13.1. The summed E-state index contributed by atoms with van der Waals surface area (Å²) in [6.07, 6.45) is 1.16. The lowest BCUT2D eigenvalue weighted by atomic mass is 10.1. The van der Waals surface area contributed by atoms with Crippen molar-refractivity contribution in [1.29, 1.82) is 0 Å². The fourth-order valence-corrected chi connectivity index (χ4v) is 4.60. The molecule has 4 rings (SSSR count). The zero-order valence-electron chi connectivity index (χ0n) is 16.4. The molecule has 1 aliphatic rings. The van der Waals surface area contributed by atoms with Crippen LogP contribution in [0.1, 0.15) is 12.2 Å². The van der Waals surface area contributed by atoms with Crippen molar-refractivity contribution in [3.63, 3.8) is 0 Å². The fraction of sp³-hybridized carbons (Fsp3) is 0.429. The van der Waals surface area contributed by atoms with Gasteiger partial charge in [0.1, 0.15) is 16.5 Å². The van der Waals surface area contributed by atoms with Crippen LogP contribution in [0.25, 0.3) is 21.3 Å². The van der Waals surface area contributed by atoms with E-state index in [1.165, 1.54) is 16.5 Å². The smallest absolute Gasteiger partial charge is 0.146 e. The quantitative estimate of drug-likeness (QED) is 0.690. The molecule has 1 aromatic carbocycles. The van der Waals surface area contributed by atoms with E-state index in [1.807, 2.05) is 0 Å². The van der Waals surface area contributed by atoms with Crippen molar-refractivity contribution in [3.05, 3.63) is 41.5 Å². The molecule has 1 aliphatic heterocycles. The fourth-order valence-electron chi connectivity index (χ4n) is 3.64. The van der Waals surface area contributed by atoms with Gasteiger partial charge in [-0.1, -0.05) is 30.3 Å². The SMILES string of the molecule is CN(C)Cc1nc(N2CCCN(C)CC2)c2c(-c3ccccc3)csc2n1. The van der Waals surface area contributed by atoms with Crippen molar-refractivity contribution < 1.29 is 0 Å². The number of aromatic nitrogens is 2. The van der Waals surface area contributed by atoms with Gasteiger partial charge < -0.3 is 14.7 Å². The van der Waals surface area contributed by atoms with Crippen LogP contribution in [-0.2, 0) is 6.54 Å². The summed E-state index contributed by atoms with van der Waals surface area (Å²) in [6, 6.07) is 10.6. The minimum atomic E-state index is 0.759. The van der Waals surface area contributed by atoms with E-state index in [0.29, 0.717) is 0 Å². The van der Waals surface area contributed by atoms with Crippen molar-refractivity contribution in [2.45, 2.75) is 13.0 Å². The molecule has 0 radical (unpaired) electrons. The van der Waals surface area contributed by atoms with Crippen molar-refractivity contribution in [2.75, 3.05) is 52.2 Å². The summed E-state index contributed by atoms with van der Waals surface area (Å²) in [5.74, 6) is 2.01. The predicted molar refractivity (Wildman–Crippen MR) is 115 cm³/mol. The van der Waals surface area contributed by atoms with Crippen molar-refractivity contribution >= 4 is 27.4 Å². The molecule has 0 bridgehead atoms. The van der Waals surface area contributed by atoms with Gasteiger partial charge in [-0.15, -0.1) is 11.3 Å². The van der Waals surface area contributed by atoms with Crippen LogP contribution < -0.4 is 4.90 Å². The molecule has 2 aromatic heterocycles. The highest BCUT2D eigenvalue weighted by molar-refractivity contribution is 7.17. The van der Waals surface area contributed by atoms with E-state index in [0.717, 1.165) is 55.6 Å². The molecule has 0 N–H and O–H groups in total. The molecule has 0 spiro atoms. The third-order valence-corrected chi connectivity index (χ3v) is 5.89. The second-order valence-corrected chi connectivity index (χ2v) is 8.40. The van der Waals surface area contributed by atoms with Crippen LogP contribution in [0.4, 0.5) is 5.82 Å². The van der Waals surface area contributed by atoms with Crippen LogP contribution in [0.5, 0.6) is 0 Å². The number of anilines is 1.